The summed E-state index contributed by atoms with van der Waals surface area (Å²) in [7, 11) is 0. The largest absolute Gasteiger partial charge is 0.505 e. The van der Waals surface area contributed by atoms with Crippen LogP contribution in [0, 0.1) is 11.7 Å². The summed E-state index contributed by atoms with van der Waals surface area (Å²) in [6.45, 7) is 1.75. The molecule has 1 aromatic carbocycles. The molecule has 3 nitrogen and oxygen atoms in total. The van der Waals surface area contributed by atoms with E-state index in [2.05, 4.69) is 0 Å². The number of halogens is 1. The predicted octanol–water partition coefficient (Wildman–Crippen LogP) is 1.58. The summed E-state index contributed by atoms with van der Waals surface area (Å²) in [5.74, 6) is -1.33. The average Bonchev–Trinajstić information content (AvgIpc) is 2.21. The van der Waals surface area contributed by atoms with Gasteiger partial charge in [-0.25, -0.2) is 4.39 Å². The van der Waals surface area contributed by atoms with Crippen LogP contribution < -0.4 is 0 Å². The van der Waals surface area contributed by atoms with E-state index < -0.39 is 17.7 Å². The number of aliphatic hydroxyl groups excluding tert-OH is 2. The molecule has 0 unspecified atom stereocenters. The highest BCUT2D eigenvalue weighted by atomic mass is 19.1. The van der Waals surface area contributed by atoms with Gasteiger partial charge in [0.05, 0.1) is 6.10 Å². The molecule has 1 aromatic rings. The first-order valence-corrected chi connectivity index (χ1v) is 4.83. The molecule has 0 aliphatic carbocycles. The number of benzene rings is 1. The number of aromatic hydroxyl groups is 1. The molecule has 0 saturated carbocycles. The molecule has 0 aliphatic heterocycles. The molecular formula is C11H15FO3. The third kappa shape index (κ3) is 2.91. The summed E-state index contributed by atoms with van der Waals surface area (Å²) in [6.07, 6.45) is -0.379. The minimum absolute atomic E-state index is 0.0151. The van der Waals surface area contributed by atoms with Gasteiger partial charge in [0, 0.05) is 6.61 Å². The van der Waals surface area contributed by atoms with Crippen molar-refractivity contribution in [3.8, 4) is 5.75 Å². The lowest BCUT2D eigenvalue weighted by Crippen LogP contribution is -2.10. The Balaban J connectivity index is 2.81. The molecule has 4 heteroatoms. The van der Waals surface area contributed by atoms with Crippen LogP contribution in [0.3, 0.4) is 0 Å². The summed E-state index contributed by atoms with van der Waals surface area (Å²) in [4.78, 5) is 0. The van der Waals surface area contributed by atoms with Gasteiger partial charge in [-0.05, 0) is 30.0 Å². The quantitative estimate of drug-likeness (QED) is 0.713. The lowest BCUT2D eigenvalue weighted by molar-refractivity contribution is 0.0987. The van der Waals surface area contributed by atoms with E-state index in [1.165, 1.54) is 12.1 Å². The zero-order valence-electron chi connectivity index (χ0n) is 8.52. The molecule has 15 heavy (non-hydrogen) atoms. The summed E-state index contributed by atoms with van der Waals surface area (Å²) in [5.41, 5.74) is 0.409. The SMILES string of the molecule is C[C@@H](CCO)[C@@H](O)c1ccc(O)c(F)c1. The summed E-state index contributed by atoms with van der Waals surface area (Å²) in [5, 5.41) is 27.5. The Bertz CT molecular complexity index is 328. The van der Waals surface area contributed by atoms with Gasteiger partial charge >= 0.3 is 0 Å². The highest BCUT2D eigenvalue weighted by Crippen LogP contribution is 2.27. The number of hydrogen-bond acceptors (Lipinski definition) is 3. The molecule has 0 saturated heterocycles. The molecule has 0 heterocycles. The van der Waals surface area contributed by atoms with E-state index >= 15 is 0 Å². The first kappa shape index (κ1) is 11.9. The van der Waals surface area contributed by atoms with Crippen molar-refractivity contribution in [2.75, 3.05) is 6.61 Å². The van der Waals surface area contributed by atoms with E-state index in [1.54, 1.807) is 6.92 Å². The highest BCUT2D eigenvalue weighted by Gasteiger charge is 2.17. The maximum atomic E-state index is 13.0. The van der Waals surface area contributed by atoms with Crippen molar-refractivity contribution < 1.29 is 19.7 Å². The standard InChI is InChI=1S/C11H15FO3/c1-7(4-5-13)11(15)8-2-3-10(14)9(12)6-8/h2-3,6-7,11,13-15H,4-5H2,1H3/t7-,11+/m0/s1. The normalized spacial score (nSPS) is 14.9. The fourth-order valence-electron chi connectivity index (χ4n) is 1.40. The van der Waals surface area contributed by atoms with E-state index in [0.29, 0.717) is 12.0 Å². The number of phenolic OH excluding ortho intramolecular Hbond substituents is 1. The predicted molar refractivity (Wildman–Crippen MR) is 53.9 cm³/mol. The lowest BCUT2D eigenvalue weighted by Gasteiger charge is -2.18. The van der Waals surface area contributed by atoms with Crippen molar-refractivity contribution in [1.82, 2.24) is 0 Å². The third-order valence-electron chi connectivity index (χ3n) is 2.44. The Labute approximate surface area is 87.8 Å². The number of hydrogen-bond donors (Lipinski definition) is 3. The first-order chi connectivity index (χ1) is 7.06. The van der Waals surface area contributed by atoms with Crippen molar-refractivity contribution in [2.45, 2.75) is 19.4 Å². The van der Waals surface area contributed by atoms with Crippen LogP contribution in [-0.2, 0) is 0 Å². The fraction of sp³-hybridized carbons (Fsp3) is 0.455. The molecule has 0 bridgehead atoms. The topological polar surface area (TPSA) is 60.7 Å². The Kier molecular flexibility index (Phi) is 4.05. The Hall–Kier alpha value is -1.13. The number of rotatable bonds is 4. The summed E-state index contributed by atoms with van der Waals surface area (Å²) >= 11 is 0. The van der Waals surface area contributed by atoms with E-state index in [-0.39, 0.29) is 12.5 Å². The smallest absolute Gasteiger partial charge is 0.165 e. The molecule has 0 radical (unpaired) electrons. The molecule has 1 rings (SSSR count). The van der Waals surface area contributed by atoms with Crippen LogP contribution in [0.5, 0.6) is 5.75 Å². The van der Waals surface area contributed by atoms with Crippen molar-refractivity contribution in [3.05, 3.63) is 29.6 Å². The van der Waals surface area contributed by atoms with Crippen molar-refractivity contribution in [2.24, 2.45) is 5.92 Å². The van der Waals surface area contributed by atoms with Gasteiger partial charge in [-0.15, -0.1) is 0 Å². The van der Waals surface area contributed by atoms with Crippen LogP contribution >= 0.6 is 0 Å². The van der Waals surface area contributed by atoms with Gasteiger partial charge in [-0.3, -0.25) is 0 Å². The van der Waals surface area contributed by atoms with E-state index in [1.807, 2.05) is 0 Å². The summed E-state index contributed by atoms with van der Waals surface area (Å²) in [6, 6.07) is 3.78. The molecule has 0 aromatic heterocycles. The van der Waals surface area contributed by atoms with E-state index in [9.17, 15) is 9.50 Å². The second-order valence-electron chi connectivity index (χ2n) is 3.65. The lowest BCUT2D eigenvalue weighted by atomic mass is 9.95. The van der Waals surface area contributed by atoms with Crippen molar-refractivity contribution in [1.29, 1.82) is 0 Å². The Morgan fingerprint density at radius 3 is 2.60 bits per heavy atom. The van der Waals surface area contributed by atoms with Gasteiger partial charge in [-0.2, -0.15) is 0 Å². The van der Waals surface area contributed by atoms with Crippen LogP contribution in [0.2, 0.25) is 0 Å². The zero-order valence-corrected chi connectivity index (χ0v) is 8.52. The molecule has 0 aliphatic rings. The molecule has 0 spiro atoms. The van der Waals surface area contributed by atoms with E-state index in [0.717, 1.165) is 6.07 Å². The fourth-order valence-corrected chi connectivity index (χ4v) is 1.40. The Morgan fingerprint density at radius 1 is 1.40 bits per heavy atom. The molecule has 0 amide bonds. The minimum Gasteiger partial charge on any atom is -0.505 e. The second-order valence-corrected chi connectivity index (χ2v) is 3.65. The molecule has 3 N–H and O–H groups in total. The van der Waals surface area contributed by atoms with Gasteiger partial charge in [0.15, 0.2) is 11.6 Å². The van der Waals surface area contributed by atoms with Gasteiger partial charge in [0.1, 0.15) is 0 Å². The zero-order chi connectivity index (χ0) is 11.4. The van der Waals surface area contributed by atoms with Crippen molar-refractivity contribution in [3.63, 3.8) is 0 Å². The minimum atomic E-state index is -0.827. The van der Waals surface area contributed by atoms with Crippen LogP contribution in [0.15, 0.2) is 18.2 Å². The average molecular weight is 214 g/mol. The maximum Gasteiger partial charge on any atom is 0.165 e. The second kappa shape index (κ2) is 5.09. The molecular weight excluding hydrogens is 199 g/mol. The van der Waals surface area contributed by atoms with Gasteiger partial charge in [0.25, 0.3) is 0 Å². The van der Waals surface area contributed by atoms with E-state index in [4.69, 9.17) is 10.2 Å². The monoisotopic (exact) mass is 214 g/mol. The number of phenols is 1. The van der Waals surface area contributed by atoms with Gasteiger partial charge in [-0.1, -0.05) is 13.0 Å². The van der Waals surface area contributed by atoms with Crippen LogP contribution in [0.4, 0.5) is 4.39 Å². The van der Waals surface area contributed by atoms with Crippen LogP contribution in [0.25, 0.3) is 0 Å². The third-order valence-corrected chi connectivity index (χ3v) is 2.44. The first-order valence-electron chi connectivity index (χ1n) is 4.83. The van der Waals surface area contributed by atoms with Crippen LogP contribution in [0.1, 0.15) is 25.0 Å². The van der Waals surface area contributed by atoms with Gasteiger partial charge in [0.2, 0.25) is 0 Å². The number of aliphatic hydroxyl groups is 2. The van der Waals surface area contributed by atoms with Crippen molar-refractivity contribution >= 4 is 0 Å². The Morgan fingerprint density at radius 2 is 2.07 bits per heavy atom. The molecule has 2 atom stereocenters. The summed E-state index contributed by atoms with van der Waals surface area (Å²) < 4.78 is 13.0. The van der Waals surface area contributed by atoms with Crippen LogP contribution in [-0.4, -0.2) is 21.9 Å². The molecule has 0 fully saturated rings. The van der Waals surface area contributed by atoms with Gasteiger partial charge < -0.3 is 15.3 Å². The maximum absolute atomic E-state index is 13.0. The molecule has 84 valence electrons. The highest BCUT2D eigenvalue weighted by molar-refractivity contribution is 5.29.